The molecule has 1 saturated carbocycles. The van der Waals surface area contributed by atoms with E-state index in [4.69, 9.17) is 4.74 Å². The van der Waals surface area contributed by atoms with Gasteiger partial charge in [0.05, 0.1) is 13.2 Å². The fourth-order valence-electron chi connectivity index (χ4n) is 4.76. The van der Waals surface area contributed by atoms with Crippen molar-refractivity contribution in [3.05, 3.63) is 89.0 Å². The second-order valence-electron chi connectivity index (χ2n) is 9.03. The van der Waals surface area contributed by atoms with Crippen molar-refractivity contribution < 1.29 is 4.74 Å². The molecule has 0 radical (unpaired) electrons. The zero-order chi connectivity index (χ0) is 21.7. The molecular weight excluding hydrogens is 376 g/mol. The smallest absolute Gasteiger partial charge is 0.0721 e. The van der Waals surface area contributed by atoms with Gasteiger partial charge in [-0.15, -0.1) is 0 Å². The monoisotopic (exact) mass is 416 g/mol. The topological polar surface area (TPSA) is 9.23 Å². The third-order valence-corrected chi connectivity index (χ3v) is 6.68. The number of hydrogen-bond acceptors (Lipinski definition) is 1. The van der Waals surface area contributed by atoms with Crippen molar-refractivity contribution in [3.63, 3.8) is 0 Å². The van der Waals surface area contributed by atoms with E-state index < -0.39 is 0 Å². The summed E-state index contributed by atoms with van der Waals surface area (Å²) in [4.78, 5) is 0. The molecule has 0 N–H and O–H groups in total. The molecule has 0 bridgehead atoms. The van der Waals surface area contributed by atoms with Crippen LogP contribution in [0.15, 0.2) is 66.8 Å². The van der Waals surface area contributed by atoms with Crippen molar-refractivity contribution in [3.8, 4) is 0 Å². The Bertz CT molecular complexity index is 789. The van der Waals surface area contributed by atoms with Gasteiger partial charge in [-0.25, -0.2) is 0 Å². The Hall–Kier alpha value is -2.12. The molecule has 0 heterocycles. The second-order valence-corrected chi connectivity index (χ2v) is 9.03. The molecule has 0 aliphatic heterocycles. The largest absolute Gasteiger partial charge is 0.373 e. The fourth-order valence-corrected chi connectivity index (χ4v) is 4.76. The van der Waals surface area contributed by atoms with Crippen LogP contribution in [0.2, 0.25) is 0 Å². The molecule has 3 rings (SSSR count). The highest BCUT2D eigenvalue weighted by Gasteiger charge is 2.22. The van der Waals surface area contributed by atoms with Crippen LogP contribution in [0, 0.1) is 5.92 Å². The molecule has 0 aromatic heterocycles. The minimum Gasteiger partial charge on any atom is -0.373 e. The molecule has 1 aliphatic carbocycles. The van der Waals surface area contributed by atoms with E-state index in [1.807, 2.05) is 13.0 Å². The number of unbranched alkanes of at least 4 members (excludes halogenated alkanes) is 1. The lowest BCUT2D eigenvalue weighted by Crippen LogP contribution is -2.13. The maximum atomic E-state index is 5.66. The van der Waals surface area contributed by atoms with E-state index in [-0.39, 0.29) is 0 Å². The van der Waals surface area contributed by atoms with E-state index >= 15 is 0 Å². The Kier molecular flexibility index (Phi) is 10.1. The van der Waals surface area contributed by atoms with Gasteiger partial charge in [0.15, 0.2) is 0 Å². The standard InChI is InChI=1S/C30H40O/c1-3-5-23-31-24-28-17-21-30(22-18-28)29-19-15-27(16-20-29)10-7-6-9-26-13-11-25(8-4-2)12-14-26/h3-5,8,11-14,17-18,21-22,27,29H,6-7,9-10,15-16,19-20,23-24H2,1-2H3/b5-3?,8-4+. The summed E-state index contributed by atoms with van der Waals surface area (Å²) >= 11 is 0. The van der Waals surface area contributed by atoms with Gasteiger partial charge in [-0.3, -0.25) is 0 Å². The molecule has 1 nitrogen and oxygen atoms in total. The Balaban J connectivity index is 1.32. The first kappa shape index (κ1) is 23.5. The van der Waals surface area contributed by atoms with Crippen LogP contribution in [0.1, 0.15) is 87.0 Å². The summed E-state index contributed by atoms with van der Waals surface area (Å²) < 4.78 is 5.66. The van der Waals surface area contributed by atoms with Gasteiger partial charge in [0.1, 0.15) is 0 Å². The highest BCUT2D eigenvalue weighted by atomic mass is 16.5. The fraction of sp³-hybridized carbons (Fsp3) is 0.467. The molecule has 0 unspecified atom stereocenters. The number of benzene rings is 2. The van der Waals surface area contributed by atoms with Crippen molar-refractivity contribution in [1.82, 2.24) is 0 Å². The maximum Gasteiger partial charge on any atom is 0.0721 e. The SMILES string of the molecule is CC=CCOCc1ccc(C2CCC(CCCCc3ccc(/C=C/C)cc3)CC2)cc1. The molecule has 1 heteroatoms. The van der Waals surface area contributed by atoms with Crippen LogP contribution in [-0.2, 0) is 17.8 Å². The Morgan fingerprint density at radius 2 is 1.52 bits per heavy atom. The summed E-state index contributed by atoms with van der Waals surface area (Å²) in [5.41, 5.74) is 5.58. The predicted octanol–water partition coefficient (Wildman–Crippen LogP) is 8.50. The van der Waals surface area contributed by atoms with Crippen LogP contribution in [0.25, 0.3) is 6.08 Å². The summed E-state index contributed by atoms with van der Waals surface area (Å²) in [6, 6.07) is 18.2. The zero-order valence-electron chi connectivity index (χ0n) is 19.6. The van der Waals surface area contributed by atoms with Crippen molar-refractivity contribution in [2.45, 2.75) is 77.7 Å². The van der Waals surface area contributed by atoms with Gasteiger partial charge in [-0.1, -0.05) is 85.7 Å². The highest BCUT2D eigenvalue weighted by molar-refractivity contribution is 5.49. The molecule has 0 saturated heterocycles. The molecule has 1 aliphatic rings. The average Bonchev–Trinajstić information content (AvgIpc) is 2.82. The van der Waals surface area contributed by atoms with Gasteiger partial charge in [0.2, 0.25) is 0 Å². The maximum absolute atomic E-state index is 5.66. The molecule has 0 spiro atoms. The number of rotatable bonds is 11. The first-order valence-corrected chi connectivity index (χ1v) is 12.3. The van der Waals surface area contributed by atoms with Gasteiger partial charge in [0.25, 0.3) is 0 Å². The van der Waals surface area contributed by atoms with Crippen LogP contribution in [0.4, 0.5) is 0 Å². The van der Waals surface area contributed by atoms with Gasteiger partial charge >= 0.3 is 0 Å². The van der Waals surface area contributed by atoms with Crippen molar-refractivity contribution in [2.75, 3.05) is 6.61 Å². The van der Waals surface area contributed by atoms with E-state index in [2.05, 4.69) is 73.7 Å². The molecule has 0 atom stereocenters. The number of hydrogen-bond donors (Lipinski definition) is 0. The average molecular weight is 417 g/mol. The van der Waals surface area contributed by atoms with Crippen molar-refractivity contribution >= 4 is 6.08 Å². The van der Waals surface area contributed by atoms with Crippen LogP contribution in [0.5, 0.6) is 0 Å². The summed E-state index contributed by atoms with van der Waals surface area (Å²) in [5.74, 6) is 1.69. The Morgan fingerprint density at radius 3 is 2.19 bits per heavy atom. The minimum absolute atomic E-state index is 0.700. The Morgan fingerprint density at radius 1 is 0.806 bits per heavy atom. The highest BCUT2D eigenvalue weighted by Crippen LogP contribution is 2.37. The molecule has 166 valence electrons. The van der Waals surface area contributed by atoms with Crippen LogP contribution < -0.4 is 0 Å². The predicted molar refractivity (Wildman–Crippen MR) is 134 cm³/mol. The summed E-state index contributed by atoms with van der Waals surface area (Å²) in [5, 5.41) is 0. The summed E-state index contributed by atoms with van der Waals surface area (Å²) in [6.45, 7) is 5.50. The lowest BCUT2D eigenvalue weighted by molar-refractivity contribution is 0.148. The summed E-state index contributed by atoms with van der Waals surface area (Å²) in [6.07, 6.45) is 19.2. The number of allylic oxidation sites excluding steroid dienone is 2. The van der Waals surface area contributed by atoms with Crippen molar-refractivity contribution in [1.29, 1.82) is 0 Å². The zero-order valence-corrected chi connectivity index (χ0v) is 19.6. The first-order valence-electron chi connectivity index (χ1n) is 12.3. The molecule has 0 amide bonds. The number of ether oxygens (including phenoxy) is 1. The Labute approximate surface area is 190 Å². The van der Waals surface area contributed by atoms with Gasteiger partial charge < -0.3 is 4.74 Å². The van der Waals surface area contributed by atoms with E-state index in [1.165, 1.54) is 73.6 Å². The lowest BCUT2D eigenvalue weighted by Gasteiger charge is -2.29. The molecule has 31 heavy (non-hydrogen) atoms. The van der Waals surface area contributed by atoms with Gasteiger partial charge in [-0.2, -0.15) is 0 Å². The molecular formula is C30H40O. The second kappa shape index (κ2) is 13.3. The first-order chi connectivity index (χ1) is 15.3. The molecule has 2 aromatic rings. The minimum atomic E-state index is 0.700. The number of aryl methyl sites for hydroxylation is 1. The van der Waals surface area contributed by atoms with E-state index in [0.717, 1.165) is 11.8 Å². The van der Waals surface area contributed by atoms with E-state index in [0.29, 0.717) is 13.2 Å². The van der Waals surface area contributed by atoms with E-state index in [9.17, 15) is 0 Å². The quantitative estimate of drug-likeness (QED) is 0.263. The summed E-state index contributed by atoms with van der Waals surface area (Å²) in [7, 11) is 0. The molecule has 2 aromatic carbocycles. The van der Waals surface area contributed by atoms with Crippen molar-refractivity contribution in [2.24, 2.45) is 5.92 Å². The van der Waals surface area contributed by atoms with Crippen LogP contribution in [-0.4, -0.2) is 6.61 Å². The van der Waals surface area contributed by atoms with Crippen LogP contribution in [0.3, 0.4) is 0 Å². The third-order valence-electron chi connectivity index (χ3n) is 6.68. The normalized spacial score (nSPS) is 19.4. The molecule has 1 fully saturated rings. The van der Waals surface area contributed by atoms with E-state index in [1.54, 1.807) is 0 Å². The van der Waals surface area contributed by atoms with Crippen LogP contribution >= 0.6 is 0 Å². The lowest BCUT2D eigenvalue weighted by atomic mass is 9.77. The van der Waals surface area contributed by atoms with Gasteiger partial charge in [-0.05, 0) is 86.5 Å². The van der Waals surface area contributed by atoms with Gasteiger partial charge in [0, 0.05) is 0 Å². The third kappa shape index (κ3) is 8.15.